The van der Waals surface area contributed by atoms with Gasteiger partial charge in [-0.3, -0.25) is 14.4 Å². The average molecular weight is 588 g/mol. The number of phenolic OH excluding ortho intramolecular Hbond substituents is 1. The van der Waals surface area contributed by atoms with Gasteiger partial charge in [0.25, 0.3) is 0 Å². The van der Waals surface area contributed by atoms with Crippen LogP contribution in [0.15, 0.2) is 30.3 Å². The summed E-state index contributed by atoms with van der Waals surface area (Å²) in [6, 6.07) is 8.71. The zero-order valence-electron chi connectivity index (χ0n) is 27.6. The molecule has 0 radical (unpaired) electrons. The zero-order valence-corrected chi connectivity index (χ0v) is 27.6. The summed E-state index contributed by atoms with van der Waals surface area (Å²) < 4.78 is 0. The van der Waals surface area contributed by atoms with Crippen LogP contribution in [0.4, 0.5) is 0 Å². The first kappa shape index (κ1) is 40.0. The fourth-order valence-corrected chi connectivity index (χ4v) is 5.21. The molecular formula is C37H65NO4. The van der Waals surface area contributed by atoms with Crippen LogP contribution in [0.5, 0.6) is 5.75 Å². The lowest BCUT2D eigenvalue weighted by Crippen LogP contribution is -2.61. The van der Waals surface area contributed by atoms with E-state index in [9.17, 15) is 14.4 Å². The minimum atomic E-state index is -1.91. The Morgan fingerprint density at radius 3 is 1.00 bits per heavy atom. The van der Waals surface area contributed by atoms with E-state index in [0.717, 1.165) is 57.8 Å². The number of carbonyl (C=O) groups is 3. The first-order chi connectivity index (χ1) is 20.3. The molecule has 0 amide bonds. The van der Waals surface area contributed by atoms with Gasteiger partial charge in [-0.15, -0.1) is 0 Å². The maximum Gasteiger partial charge on any atom is 0.193 e. The fraction of sp³-hybridized carbons (Fsp3) is 0.757. The molecule has 1 rings (SSSR count). The van der Waals surface area contributed by atoms with Gasteiger partial charge in [-0.1, -0.05) is 155 Å². The second-order valence-electron chi connectivity index (χ2n) is 12.0. The third kappa shape index (κ3) is 20.0. The van der Waals surface area contributed by atoms with Crippen molar-refractivity contribution in [3.05, 3.63) is 30.3 Å². The number of Topliss-reactive ketones (excluding diaryl/α,β-unsaturated/α-hetero) is 3. The SMILES string of the molecule is CCCCCCCCCC(=O)C(N)(C(=O)CCCCCCCCC)C(=O)CCCCCCCCC.Oc1ccccc1. The van der Waals surface area contributed by atoms with Crippen LogP contribution in [0.25, 0.3) is 0 Å². The highest BCUT2D eigenvalue weighted by Gasteiger charge is 2.46. The Balaban J connectivity index is 0.00000207. The maximum atomic E-state index is 13.1. The summed E-state index contributed by atoms with van der Waals surface area (Å²) in [5.41, 5.74) is 4.51. The van der Waals surface area contributed by atoms with Crippen LogP contribution >= 0.6 is 0 Å². The summed E-state index contributed by atoms with van der Waals surface area (Å²) in [7, 11) is 0. The summed E-state index contributed by atoms with van der Waals surface area (Å²) in [6.45, 7) is 6.60. The van der Waals surface area contributed by atoms with Crippen molar-refractivity contribution in [3.63, 3.8) is 0 Å². The number of hydrogen-bond acceptors (Lipinski definition) is 5. The molecule has 0 saturated carbocycles. The highest BCUT2D eigenvalue weighted by Crippen LogP contribution is 2.21. The highest BCUT2D eigenvalue weighted by molar-refractivity contribution is 6.29. The van der Waals surface area contributed by atoms with E-state index in [4.69, 9.17) is 10.8 Å². The number of hydrogen-bond donors (Lipinski definition) is 2. The molecule has 0 fully saturated rings. The largest absolute Gasteiger partial charge is 0.508 e. The molecule has 0 aliphatic rings. The van der Waals surface area contributed by atoms with Gasteiger partial charge in [-0.05, 0) is 31.4 Å². The van der Waals surface area contributed by atoms with Crippen molar-refractivity contribution in [3.8, 4) is 5.75 Å². The van der Waals surface area contributed by atoms with Gasteiger partial charge >= 0.3 is 0 Å². The number of aromatic hydroxyl groups is 1. The Bertz CT molecular complexity index is 718. The Morgan fingerprint density at radius 2 is 0.762 bits per heavy atom. The lowest BCUT2D eigenvalue weighted by molar-refractivity contribution is -0.142. The first-order valence-corrected chi connectivity index (χ1v) is 17.5. The van der Waals surface area contributed by atoms with Crippen molar-refractivity contribution in [2.75, 3.05) is 0 Å². The lowest BCUT2D eigenvalue weighted by atomic mass is 9.79. The third-order valence-corrected chi connectivity index (χ3v) is 8.10. The van der Waals surface area contributed by atoms with Crippen LogP contribution in [-0.2, 0) is 14.4 Å². The van der Waals surface area contributed by atoms with Crippen LogP contribution in [0.3, 0.4) is 0 Å². The van der Waals surface area contributed by atoms with E-state index in [1.807, 2.05) is 6.07 Å². The number of para-hydroxylation sites is 1. The minimum Gasteiger partial charge on any atom is -0.508 e. The van der Waals surface area contributed by atoms with E-state index < -0.39 is 5.54 Å². The number of benzene rings is 1. The average Bonchev–Trinajstić information content (AvgIpc) is 2.99. The topological polar surface area (TPSA) is 97.5 Å². The molecule has 0 unspecified atom stereocenters. The molecule has 0 bridgehead atoms. The summed E-state index contributed by atoms with van der Waals surface area (Å²) in [6.07, 6.45) is 23.8. The molecular weight excluding hydrogens is 522 g/mol. The van der Waals surface area contributed by atoms with E-state index in [0.29, 0.717) is 5.75 Å². The fourth-order valence-electron chi connectivity index (χ4n) is 5.21. The number of unbranched alkanes of at least 4 members (excludes halogenated alkanes) is 18. The number of rotatable bonds is 27. The third-order valence-electron chi connectivity index (χ3n) is 8.10. The van der Waals surface area contributed by atoms with Gasteiger partial charge in [0, 0.05) is 19.3 Å². The standard InChI is InChI=1S/C31H59NO3.C6H6O/c1-4-7-10-13-16-19-22-25-28(33)31(32,29(34)26-23-20-17-14-11-8-5-2)30(35)27-24-21-18-15-12-9-6-3;7-6-4-2-1-3-5-6/h4-27,32H2,1-3H3;1-5,7H. The number of phenols is 1. The van der Waals surface area contributed by atoms with Crippen molar-refractivity contribution >= 4 is 17.3 Å². The van der Waals surface area contributed by atoms with Gasteiger partial charge in [-0.2, -0.15) is 0 Å². The molecule has 5 nitrogen and oxygen atoms in total. The molecule has 0 aliphatic carbocycles. The number of carbonyl (C=O) groups excluding carboxylic acids is 3. The molecule has 42 heavy (non-hydrogen) atoms. The summed E-state index contributed by atoms with van der Waals surface area (Å²) in [5, 5.41) is 8.63. The van der Waals surface area contributed by atoms with Crippen molar-refractivity contribution in [2.24, 2.45) is 5.73 Å². The van der Waals surface area contributed by atoms with Crippen molar-refractivity contribution < 1.29 is 19.5 Å². The quantitative estimate of drug-likeness (QED) is 0.0788. The highest BCUT2D eigenvalue weighted by atomic mass is 16.3. The maximum absolute atomic E-state index is 13.1. The predicted octanol–water partition coefficient (Wildman–Crippen LogP) is 10.2. The lowest BCUT2D eigenvalue weighted by Gasteiger charge is -2.25. The van der Waals surface area contributed by atoms with Crippen molar-refractivity contribution in [1.82, 2.24) is 0 Å². The number of nitrogens with two attached hydrogens (primary N) is 1. The van der Waals surface area contributed by atoms with Crippen LogP contribution in [-0.4, -0.2) is 28.0 Å². The van der Waals surface area contributed by atoms with Gasteiger partial charge in [0.05, 0.1) is 0 Å². The summed E-state index contributed by atoms with van der Waals surface area (Å²) in [4.78, 5) is 39.4. The van der Waals surface area contributed by atoms with Crippen molar-refractivity contribution in [2.45, 2.75) is 180 Å². The molecule has 0 atom stereocenters. The predicted molar refractivity (Wildman–Crippen MR) is 178 cm³/mol. The van der Waals surface area contributed by atoms with E-state index in [2.05, 4.69) is 20.8 Å². The Kier molecular flexibility index (Phi) is 26.5. The smallest absolute Gasteiger partial charge is 0.193 e. The van der Waals surface area contributed by atoms with Crippen molar-refractivity contribution in [1.29, 1.82) is 0 Å². The van der Waals surface area contributed by atoms with Crippen LogP contribution < -0.4 is 5.73 Å². The summed E-state index contributed by atoms with van der Waals surface area (Å²) >= 11 is 0. The summed E-state index contributed by atoms with van der Waals surface area (Å²) in [5.74, 6) is -0.701. The molecule has 3 N–H and O–H groups in total. The molecule has 1 aromatic rings. The molecule has 242 valence electrons. The Labute approximate surface area is 258 Å². The van der Waals surface area contributed by atoms with E-state index >= 15 is 0 Å². The Hall–Kier alpha value is -2.01. The van der Waals surface area contributed by atoms with Gasteiger partial charge < -0.3 is 10.8 Å². The van der Waals surface area contributed by atoms with E-state index in [1.54, 1.807) is 24.3 Å². The molecule has 0 spiro atoms. The monoisotopic (exact) mass is 587 g/mol. The van der Waals surface area contributed by atoms with Gasteiger partial charge in [-0.25, -0.2) is 0 Å². The van der Waals surface area contributed by atoms with Gasteiger partial charge in [0.15, 0.2) is 22.9 Å². The second kappa shape index (κ2) is 27.8. The molecule has 0 aromatic heterocycles. The van der Waals surface area contributed by atoms with Gasteiger partial charge in [0.2, 0.25) is 0 Å². The van der Waals surface area contributed by atoms with Crippen LogP contribution in [0.1, 0.15) is 175 Å². The van der Waals surface area contributed by atoms with Crippen LogP contribution in [0, 0.1) is 0 Å². The normalized spacial score (nSPS) is 11.1. The molecule has 0 heterocycles. The second-order valence-corrected chi connectivity index (χ2v) is 12.0. The first-order valence-electron chi connectivity index (χ1n) is 17.5. The molecule has 5 heteroatoms. The van der Waals surface area contributed by atoms with Gasteiger partial charge in [0.1, 0.15) is 5.75 Å². The zero-order chi connectivity index (χ0) is 31.3. The molecule has 0 aliphatic heterocycles. The number of ketones is 3. The van der Waals surface area contributed by atoms with E-state index in [1.165, 1.54) is 77.0 Å². The minimum absolute atomic E-state index is 0.246. The van der Waals surface area contributed by atoms with Crippen LogP contribution in [0.2, 0.25) is 0 Å². The molecule has 0 saturated heterocycles. The Morgan fingerprint density at radius 1 is 0.500 bits per heavy atom. The van der Waals surface area contributed by atoms with E-state index in [-0.39, 0.29) is 36.6 Å². The molecule has 1 aromatic carbocycles.